The fourth-order valence-electron chi connectivity index (χ4n) is 2.50. The fourth-order valence-corrected chi connectivity index (χ4v) is 5.40. The molecule has 0 aliphatic carbocycles. The van der Waals surface area contributed by atoms with Gasteiger partial charge in [0.15, 0.2) is 7.14 Å². The molecule has 112 valence electrons. The Morgan fingerprint density at radius 3 is 1.43 bits per heavy atom. The molecule has 0 amide bonds. The zero-order valence-electron chi connectivity index (χ0n) is 13.6. The summed E-state index contributed by atoms with van der Waals surface area (Å²) in [6, 6.07) is 18.1. The molecule has 0 aromatic heterocycles. The van der Waals surface area contributed by atoms with Crippen LogP contribution in [0, 0.1) is 19.0 Å². The average Bonchev–Trinajstić information content (AvgIpc) is 2.42. The molecule has 0 fully saturated rings. The van der Waals surface area contributed by atoms with Crippen molar-refractivity contribution in [1.82, 2.24) is 0 Å². The third-order valence-electron chi connectivity index (χ3n) is 3.38. The van der Waals surface area contributed by atoms with Crippen LogP contribution in [0.1, 0.15) is 38.8 Å². The molecular weight excluding hydrogens is 367 g/mol. The molecule has 2 aromatic carbocycles. The second-order valence-corrected chi connectivity index (χ2v) is 9.34. The summed E-state index contributed by atoms with van der Waals surface area (Å²) in [4.78, 5) is 0. The first kappa shape index (κ1) is 16.5. The minimum atomic E-state index is -0.0785. The van der Waals surface area contributed by atoms with Crippen LogP contribution in [0.15, 0.2) is 48.5 Å². The second kappa shape index (κ2) is 7.98. The second-order valence-electron chi connectivity index (χ2n) is 6.47. The van der Waals surface area contributed by atoms with E-state index in [-0.39, 0.29) is 21.2 Å². The first-order valence-electron chi connectivity index (χ1n) is 7.87. The molecule has 0 nitrogen and oxygen atoms in total. The van der Waals surface area contributed by atoms with Crippen molar-refractivity contribution in [3.05, 3.63) is 66.8 Å². The van der Waals surface area contributed by atoms with Crippen LogP contribution in [-0.4, -0.2) is 0 Å². The van der Waals surface area contributed by atoms with Gasteiger partial charge < -0.3 is 0 Å². The monoisotopic (exact) mass is 393 g/mol. The molecule has 0 aliphatic rings. The number of rotatable bonds is 6. The van der Waals surface area contributed by atoms with Crippen molar-refractivity contribution in [3.8, 4) is 0 Å². The molecule has 0 spiro atoms. The van der Waals surface area contributed by atoms with Gasteiger partial charge in [-0.05, 0) is 36.8 Å². The van der Waals surface area contributed by atoms with Crippen molar-refractivity contribution in [2.24, 2.45) is 11.8 Å². The Hall–Kier alpha value is -0.830. The number of benzene rings is 2. The highest BCUT2D eigenvalue weighted by Gasteiger charge is 2.23. The SMILES string of the molecule is CC(C)Cc1ccccc1[I+]c1ccccc1CC(C)C. The molecule has 0 unspecified atom stereocenters. The van der Waals surface area contributed by atoms with Crippen LogP contribution in [-0.2, 0) is 12.8 Å². The largest absolute Gasteiger partial charge is 0.358 e. The van der Waals surface area contributed by atoms with E-state index in [2.05, 4.69) is 76.2 Å². The minimum Gasteiger partial charge on any atom is -0.0625 e. The summed E-state index contributed by atoms with van der Waals surface area (Å²) in [5.41, 5.74) is 3.11. The lowest BCUT2D eigenvalue weighted by Crippen LogP contribution is -3.62. The Morgan fingerprint density at radius 1 is 0.667 bits per heavy atom. The predicted octanol–water partition coefficient (Wildman–Crippen LogP) is 2.21. The van der Waals surface area contributed by atoms with Crippen LogP contribution in [0.5, 0.6) is 0 Å². The molecule has 0 aliphatic heterocycles. The highest BCUT2D eigenvalue weighted by atomic mass is 127. The zero-order chi connectivity index (χ0) is 15.2. The van der Waals surface area contributed by atoms with Gasteiger partial charge in [0.2, 0.25) is 0 Å². The van der Waals surface area contributed by atoms with E-state index in [4.69, 9.17) is 0 Å². The summed E-state index contributed by atoms with van der Waals surface area (Å²) < 4.78 is 3.20. The third kappa shape index (κ3) is 5.14. The molecule has 21 heavy (non-hydrogen) atoms. The molecule has 0 saturated carbocycles. The third-order valence-corrected chi connectivity index (χ3v) is 6.64. The van der Waals surface area contributed by atoms with Crippen LogP contribution in [0.2, 0.25) is 0 Å². The van der Waals surface area contributed by atoms with E-state index in [0.29, 0.717) is 0 Å². The molecule has 0 bridgehead atoms. The summed E-state index contributed by atoms with van der Waals surface area (Å²) >= 11 is -0.0785. The van der Waals surface area contributed by atoms with Gasteiger partial charge in [0, 0.05) is 11.1 Å². The van der Waals surface area contributed by atoms with Gasteiger partial charge in [0.1, 0.15) is 0 Å². The lowest BCUT2D eigenvalue weighted by atomic mass is 10.0. The number of hydrogen-bond donors (Lipinski definition) is 0. The molecule has 0 atom stereocenters. The van der Waals surface area contributed by atoms with Crippen molar-refractivity contribution in [3.63, 3.8) is 0 Å². The average molecular weight is 393 g/mol. The standard InChI is InChI=1S/C20H26I/c1-15(2)13-17-9-5-7-11-19(17)21-20-12-8-6-10-18(20)14-16(3)4/h5-12,15-16H,13-14H2,1-4H3/q+1. The Kier molecular flexibility index (Phi) is 6.28. The molecular formula is C20H26I+. The first-order chi connectivity index (χ1) is 10.1. The van der Waals surface area contributed by atoms with E-state index in [0.717, 1.165) is 11.8 Å². The molecule has 0 N–H and O–H groups in total. The van der Waals surface area contributed by atoms with Crippen LogP contribution in [0.25, 0.3) is 0 Å². The quantitative estimate of drug-likeness (QED) is 0.661. The predicted molar refractivity (Wildman–Crippen MR) is 87.4 cm³/mol. The number of hydrogen-bond acceptors (Lipinski definition) is 0. The molecule has 0 heterocycles. The van der Waals surface area contributed by atoms with Crippen molar-refractivity contribution >= 4 is 0 Å². The van der Waals surface area contributed by atoms with Crippen molar-refractivity contribution in [1.29, 1.82) is 0 Å². The lowest BCUT2D eigenvalue weighted by Gasteiger charge is -2.06. The first-order valence-corrected chi connectivity index (χ1v) is 10.0. The van der Waals surface area contributed by atoms with Crippen molar-refractivity contribution in [2.75, 3.05) is 0 Å². The van der Waals surface area contributed by atoms with Gasteiger partial charge in [-0.15, -0.1) is 0 Å². The van der Waals surface area contributed by atoms with Gasteiger partial charge in [-0.3, -0.25) is 0 Å². The molecule has 0 saturated heterocycles. The van der Waals surface area contributed by atoms with Crippen LogP contribution in [0.3, 0.4) is 0 Å². The highest BCUT2D eigenvalue weighted by molar-refractivity contribution is 5.17. The van der Waals surface area contributed by atoms with E-state index in [1.54, 1.807) is 18.3 Å². The van der Waals surface area contributed by atoms with E-state index in [1.807, 2.05) is 0 Å². The minimum absolute atomic E-state index is 0.0785. The topological polar surface area (TPSA) is 0 Å². The summed E-state index contributed by atoms with van der Waals surface area (Å²) in [6.07, 6.45) is 2.39. The zero-order valence-corrected chi connectivity index (χ0v) is 15.7. The molecule has 1 heteroatoms. The Labute approximate surface area is 140 Å². The Balaban J connectivity index is 2.26. The summed E-state index contributed by atoms with van der Waals surface area (Å²) in [5, 5.41) is 0. The fraction of sp³-hybridized carbons (Fsp3) is 0.400. The van der Waals surface area contributed by atoms with Crippen LogP contribution >= 0.6 is 0 Å². The lowest BCUT2D eigenvalue weighted by molar-refractivity contribution is -0.599. The van der Waals surface area contributed by atoms with Crippen LogP contribution < -0.4 is 21.2 Å². The summed E-state index contributed by atoms with van der Waals surface area (Å²) in [6.45, 7) is 9.23. The normalized spacial score (nSPS) is 11.3. The Morgan fingerprint density at radius 2 is 1.05 bits per heavy atom. The van der Waals surface area contributed by atoms with E-state index >= 15 is 0 Å². The van der Waals surface area contributed by atoms with Crippen LogP contribution in [0.4, 0.5) is 0 Å². The van der Waals surface area contributed by atoms with E-state index < -0.39 is 0 Å². The van der Waals surface area contributed by atoms with Gasteiger partial charge in [-0.1, -0.05) is 64.1 Å². The molecule has 2 rings (SSSR count). The smallest absolute Gasteiger partial charge is 0.0625 e. The van der Waals surface area contributed by atoms with Gasteiger partial charge in [0.05, 0.1) is 0 Å². The maximum atomic E-state index is 2.34. The van der Waals surface area contributed by atoms with Crippen molar-refractivity contribution in [2.45, 2.75) is 40.5 Å². The van der Waals surface area contributed by atoms with Gasteiger partial charge in [0.25, 0.3) is 0 Å². The van der Waals surface area contributed by atoms with E-state index in [9.17, 15) is 0 Å². The Bertz CT molecular complexity index is 518. The van der Waals surface area contributed by atoms with Gasteiger partial charge >= 0.3 is 21.2 Å². The maximum Gasteiger partial charge on any atom is 0.358 e. The van der Waals surface area contributed by atoms with Gasteiger partial charge in [-0.25, -0.2) is 0 Å². The maximum absolute atomic E-state index is 2.34. The summed E-state index contributed by atoms with van der Waals surface area (Å²) in [5.74, 6) is 1.45. The highest BCUT2D eigenvalue weighted by Crippen LogP contribution is 2.09. The summed E-state index contributed by atoms with van der Waals surface area (Å²) in [7, 11) is 0. The molecule has 0 radical (unpaired) electrons. The number of halogens is 1. The van der Waals surface area contributed by atoms with Crippen molar-refractivity contribution < 1.29 is 21.2 Å². The molecule has 2 aromatic rings. The van der Waals surface area contributed by atoms with E-state index in [1.165, 1.54) is 12.8 Å². The van der Waals surface area contributed by atoms with Gasteiger partial charge in [-0.2, -0.15) is 0 Å².